The van der Waals surface area contributed by atoms with Gasteiger partial charge in [0, 0.05) is 13.1 Å². The first-order chi connectivity index (χ1) is 7.36. The van der Waals surface area contributed by atoms with Gasteiger partial charge < -0.3 is 9.84 Å². The molecule has 0 aromatic carbocycles. The van der Waals surface area contributed by atoms with Gasteiger partial charge >= 0.3 is 22.3 Å². The zero-order valence-corrected chi connectivity index (χ0v) is 9.36. The Balaban J connectivity index is 2.48. The average molecular weight is 252 g/mol. The first kappa shape index (κ1) is 12.7. The van der Waals surface area contributed by atoms with Crippen molar-refractivity contribution in [2.24, 2.45) is 5.92 Å². The SMILES string of the molecule is CCOC(=O)NS(=O)(=O)N1CC(C(=O)O)C1. The third-order valence-electron chi connectivity index (χ3n) is 2.02. The van der Waals surface area contributed by atoms with Crippen LogP contribution >= 0.6 is 0 Å². The average Bonchev–Trinajstić information content (AvgIpc) is 1.97. The molecule has 1 fully saturated rings. The second kappa shape index (κ2) is 4.66. The fourth-order valence-electron chi connectivity index (χ4n) is 1.12. The molecule has 9 heteroatoms. The van der Waals surface area contributed by atoms with Crippen molar-refractivity contribution >= 4 is 22.3 Å². The highest BCUT2D eigenvalue weighted by atomic mass is 32.2. The van der Waals surface area contributed by atoms with Crippen LogP contribution in [0.1, 0.15) is 6.92 Å². The predicted molar refractivity (Wildman–Crippen MR) is 51.8 cm³/mol. The fourth-order valence-corrected chi connectivity index (χ4v) is 2.27. The maximum absolute atomic E-state index is 11.4. The van der Waals surface area contributed by atoms with Gasteiger partial charge in [0.15, 0.2) is 0 Å². The molecule has 0 aromatic heterocycles. The molecule has 8 nitrogen and oxygen atoms in total. The second-order valence-electron chi connectivity index (χ2n) is 3.18. The van der Waals surface area contributed by atoms with Crippen LogP contribution < -0.4 is 4.72 Å². The van der Waals surface area contributed by atoms with Crippen LogP contribution in [0.3, 0.4) is 0 Å². The van der Waals surface area contributed by atoms with Gasteiger partial charge in [0.1, 0.15) is 0 Å². The first-order valence-electron chi connectivity index (χ1n) is 4.54. The van der Waals surface area contributed by atoms with Crippen LogP contribution in [0.2, 0.25) is 0 Å². The Morgan fingerprint density at radius 1 is 1.50 bits per heavy atom. The summed E-state index contributed by atoms with van der Waals surface area (Å²) in [5, 5.41) is 8.55. The number of carbonyl (C=O) groups is 2. The third kappa shape index (κ3) is 2.83. The molecule has 1 amide bonds. The van der Waals surface area contributed by atoms with Crippen molar-refractivity contribution in [2.45, 2.75) is 6.92 Å². The van der Waals surface area contributed by atoms with Gasteiger partial charge in [-0.05, 0) is 6.92 Å². The number of hydrogen-bond donors (Lipinski definition) is 2. The highest BCUT2D eigenvalue weighted by Crippen LogP contribution is 2.18. The van der Waals surface area contributed by atoms with Crippen molar-refractivity contribution in [3.05, 3.63) is 0 Å². The quantitative estimate of drug-likeness (QED) is 0.663. The minimum atomic E-state index is -3.97. The molecule has 1 aliphatic heterocycles. The van der Waals surface area contributed by atoms with Gasteiger partial charge in [-0.25, -0.2) is 9.52 Å². The largest absolute Gasteiger partial charge is 0.481 e. The van der Waals surface area contributed by atoms with E-state index in [1.807, 2.05) is 0 Å². The van der Waals surface area contributed by atoms with Crippen molar-refractivity contribution in [1.29, 1.82) is 0 Å². The summed E-state index contributed by atoms with van der Waals surface area (Å²) in [4.78, 5) is 21.3. The fraction of sp³-hybridized carbons (Fsp3) is 0.714. The molecule has 1 aliphatic rings. The third-order valence-corrected chi connectivity index (χ3v) is 3.43. The standard InChI is InChI=1S/C7H12N2O6S/c1-2-15-7(12)8-16(13,14)9-3-5(4-9)6(10)11/h5H,2-4H2,1H3,(H,8,12)(H,10,11). The smallest absolute Gasteiger partial charge is 0.421 e. The number of nitrogens with one attached hydrogen (secondary N) is 1. The summed E-state index contributed by atoms with van der Waals surface area (Å²) in [6.07, 6.45) is -1.07. The molecule has 0 atom stereocenters. The molecular formula is C7H12N2O6S. The molecule has 16 heavy (non-hydrogen) atoms. The Morgan fingerprint density at radius 2 is 2.06 bits per heavy atom. The van der Waals surface area contributed by atoms with Crippen LogP contribution in [0, 0.1) is 5.92 Å². The Bertz CT molecular complexity index is 386. The molecule has 1 saturated heterocycles. The van der Waals surface area contributed by atoms with Crippen molar-refractivity contribution < 1.29 is 27.9 Å². The molecule has 1 heterocycles. The van der Waals surface area contributed by atoms with E-state index < -0.39 is 28.2 Å². The van der Waals surface area contributed by atoms with E-state index in [4.69, 9.17) is 5.11 Å². The number of rotatable bonds is 4. The van der Waals surface area contributed by atoms with Crippen LogP contribution in [-0.2, 0) is 19.7 Å². The van der Waals surface area contributed by atoms with Gasteiger partial charge in [-0.1, -0.05) is 0 Å². The topological polar surface area (TPSA) is 113 Å². The molecule has 0 saturated carbocycles. The number of nitrogens with zero attached hydrogens (tertiary/aromatic N) is 1. The molecular weight excluding hydrogens is 240 g/mol. The normalized spacial score (nSPS) is 17.6. The Morgan fingerprint density at radius 3 is 2.50 bits per heavy atom. The molecule has 0 radical (unpaired) electrons. The van der Waals surface area contributed by atoms with Crippen LogP contribution in [0.5, 0.6) is 0 Å². The minimum absolute atomic E-state index is 0.0547. The molecule has 92 valence electrons. The van der Waals surface area contributed by atoms with Crippen molar-refractivity contribution in [2.75, 3.05) is 19.7 Å². The summed E-state index contributed by atoms with van der Waals surface area (Å²) in [5.74, 6) is -1.76. The lowest BCUT2D eigenvalue weighted by atomic mass is 10.0. The number of carbonyl (C=O) groups excluding carboxylic acids is 1. The van der Waals surface area contributed by atoms with Gasteiger partial charge in [0.25, 0.3) is 0 Å². The summed E-state index contributed by atoms with van der Waals surface area (Å²) < 4.78 is 29.7. The van der Waals surface area contributed by atoms with Gasteiger partial charge in [0.05, 0.1) is 12.5 Å². The van der Waals surface area contributed by atoms with Crippen LogP contribution in [0.25, 0.3) is 0 Å². The summed E-state index contributed by atoms with van der Waals surface area (Å²) in [5.41, 5.74) is 0. The highest BCUT2D eigenvalue weighted by Gasteiger charge is 2.40. The first-order valence-corrected chi connectivity index (χ1v) is 5.98. The highest BCUT2D eigenvalue weighted by molar-refractivity contribution is 7.87. The van der Waals surface area contributed by atoms with E-state index in [0.717, 1.165) is 4.31 Å². The Hall–Kier alpha value is -1.35. The van der Waals surface area contributed by atoms with Gasteiger partial charge in [-0.3, -0.25) is 4.79 Å². The van der Waals surface area contributed by atoms with E-state index in [9.17, 15) is 18.0 Å². The lowest BCUT2D eigenvalue weighted by Crippen LogP contribution is -2.57. The van der Waals surface area contributed by atoms with E-state index >= 15 is 0 Å². The molecule has 2 N–H and O–H groups in total. The van der Waals surface area contributed by atoms with Crippen LogP contribution in [0.15, 0.2) is 0 Å². The number of ether oxygens (including phenoxy) is 1. The molecule has 0 aliphatic carbocycles. The number of amides is 1. The summed E-state index contributed by atoms with van der Waals surface area (Å²) in [7, 11) is -3.97. The monoisotopic (exact) mass is 252 g/mol. The molecule has 1 rings (SSSR count). The van der Waals surface area contributed by atoms with E-state index in [1.165, 1.54) is 6.92 Å². The van der Waals surface area contributed by atoms with Crippen molar-refractivity contribution in [3.63, 3.8) is 0 Å². The number of carboxylic acids is 1. The Labute approximate surface area is 92.4 Å². The number of carboxylic acid groups (broad SMARTS) is 1. The molecule has 0 spiro atoms. The number of hydrogen-bond acceptors (Lipinski definition) is 5. The lowest BCUT2D eigenvalue weighted by molar-refractivity contribution is -0.145. The number of aliphatic carboxylic acids is 1. The van der Waals surface area contributed by atoms with Gasteiger partial charge in [0.2, 0.25) is 0 Å². The van der Waals surface area contributed by atoms with Gasteiger partial charge in [-0.2, -0.15) is 12.7 Å². The van der Waals surface area contributed by atoms with E-state index in [-0.39, 0.29) is 19.7 Å². The molecule has 0 bridgehead atoms. The maximum Gasteiger partial charge on any atom is 0.421 e. The van der Waals surface area contributed by atoms with Crippen molar-refractivity contribution in [3.8, 4) is 0 Å². The predicted octanol–water partition coefficient (Wildman–Crippen LogP) is -1.01. The summed E-state index contributed by atoms with van der Waals surface area (Å²) in [6, 6.07) is 0. The molecule has 0 aromatic rings. The van der Waals surface area contributed by atoms with Crippen LogP contribution in [-0.4, -0.2) is 49.6 Å². The maximum atomic E-state index is 11.4. The van der Waals surface area contributed by atoms with Crippen molar-refractivity contribution in [1.82, 2.24) is 9.03 Å². The Kier molecular flexibility index (Phi) is 3.70. The summed E-state index contributed by atoms with van der Waals surface area (Å²) in [6.45, 7) is 1.32. The second-order valence-corrected chi connectivity index (χ2v) is 4.85. The van der Waals surface area contributed by atoms with E-state index in [0.29, 0.717) is 0 Å². The van der Waals surface area contributed by atoms with E-state index in [2.05, 4.69) is 4.74 Å². The minimum Gasteiger partial charge on any atom is -0.481 e. The van der Waals surface area contributed by atoms with Gasteiger partial charge in [-0.15, -0.1) is 0 Å². The van der Waals surface area contributed by atoms with E-state index in [1.54, 1.807) is 4.72 Å². The summed E-state index contributed by atoms with van der Waals surface area (Å²) >= 11 is 0. The molecule has 0 unspecified atom stereocenters. The zero-order chi connectivity index (χ0) is 12.3. The van der Waals surface area contributed by atoms with Crippen LogP contribution in [0.4, 0.5) is 4.79 Å². The zero-order valence-electron chi connectivity index (χ0n) is 8.54. The lowest BCUT2D eigenvalue weighted by Gasteiger charge is -2.34.